The molecule has 0 atom stereocenters. The zero-order valence-electron chi connectivity index (χ0n) is 28.4. The maximum Gasteiger partial charge on any atom is 0.136 e. The highest BCUT2D eigenvalue weighted by Gasteiger charge is 2.19. The molecule has 0 aliphatic heterocycles. The van der Waals surface area contributed by atoms with Gasteiger partial charge in [0, 0.05) is 27.7 Å². The Morgan fingerprint density at radius 2 is 0.885 bits per heavy atom. The van der Waals surface area contributed by atoms with Crippen LogP contribution in [0.5, 0.6) is 0 Å². The molecule has 52 heavy (non-hydrogen) atoms. The Kier molecular flexibility index (Phi) is 7.18. The molecule has 2 heteroatoms. The zero-order chi connectivity index (χ0) is 34.4. The van der Waals surface area contributed by atoms with Gasteiger partial charge < -0.3 is 9.32 Å². The lowest BCUT2D eigenvalue weighted by molar-refractivity contribution is 0.669. The van der Waals surface area contributed by atoms with Crippen LogP contribution >= 0.6 is 0 Å². The predicted octanol–water partition coefficient (Wildman–Crippen LogP) is 14.4. The van der Waals surface area contributed by atoms with E-state index < -0.39 is 0 Å². The lowest BCUT2D eigenvalue weighted by Gasteiger charge is -2.28. The Bertz CT molecular complexity index is 2890. The molecule has 9 aromatic carbocycles. The van der Waals surface area contributed by atoms with Crippen molar-refractivity contribution in [1.29, 1.82) is 0 Å². The minimum absolute atomic E-state index is 0.890. The fraction of sp³-hybridized carbons (Fsp3) is 0. The Morgan fingerprint density at radius 3 is 1.73 bits per heavy atom. The molecule has 1 heterocycles. The van der Waals surface area contributed by atoms with Crippen LogP contribution in [-0.4, -0.2) is 0 Å². The first-order valence-electron chi connectivity index (χ1n) is 17.8. The third kappa shape index (κ3) is 5.21. The molecule has 244 valence electrons. The third-order valence-electron chi connectivity index (χ3n) is 10.3. The molecular weight excluding hydrogens is 631 g/mol. The molecule has 10 rings (SSSR count). The zero-order valence-corrected chi connectivity index (χ0v) is 28.4. The second kappa shape index (κ2) is 12.5. The molecule has 0 saturated carbocycles. The molecule has 0 unspecified atom stereocenters. The van der Waals surface area contributed by atoms with Crippen molar-refractivity contribution >= 4 is 60.5 Å². The summed E-state index contributed by atoms with van der Waals surface area (Å²) in [5.41, 5.74) is 12.2. The number of benzene rings is 9. The van der Waals surface area contributed by atoms with E-state index in [-0.39, 0.29) is 0 Å². The number of para-hydroxylation sites is 2. The highest BCUT2D eigenvalue weighted by Crippen LogP contribution is 2.43. The van der Waals surface area contributed by atoms with Crippen molar-refractivity contribution in [1.82, 2.24) is 0 Å². The van der Waals surface area contributed by atoms with Crippen molar-refractivity contribution in [2.45, 2.75) is 0 Å². The summed E-state index contributed by atoms with van der Waals surface area (Å²) in [6.07, 6.45) is 0. The summed E-state index contributed by atoms with van der Waals surface area (Å²) in [6, 6.07) is 71.8. The van der Waals surface area contributed by atoms with Crippen molar-refractivity contribution < 1.29 is 4.42 Å². The first kappa shape index (κ1) is 30.0. The number of rotatable bonds is 6. The molecular formula is C50H33NO. The number of fused-ring (bicyclic) bond motifs is 5. The van der Waals surface area contributed by atoms with Crippen molar-refractivity contribution in [3.05, 3.63) is 200 Å². The summed E-state index contributed by atoms with van der Waals surface area (Å²) in [6.45, 7) is 0. The second-order valence-electron chi connectivity index (χ2n) is 13.3. The van der Waals surface area contributed by atoms with Gasteiger partial charge in [-0.3, -0.25) is 0 Å². The van der Waals surface area contributed by atoms with Gasteiger partial charge in [-0.05, 0) is 97.9 Å². The van der Waals surface area contributed by atoms with Crippen molar-refractivity contribution in [2.75, 3.05) is 4.90 Å². The van der Waals surface area contributed by atoms with Crippen LogP contribution < -0.4 is 4.90 Å². The van der Waals surface area contributed by atoms with E-state index in [1.54, 1.807) is 0 Å². The molecule has 0 aliphatic rings. The van der Waals surface area contributed by atoms with Gasteiger partial charge in [0.15, 0.2) is 0 Å². The molecule has 0 fully saturated rings. The van der Waals surface area contributed by atoms with Crippen LogP contribution in [0.3, 0.4) is 0 Å². The minimum Gasteiger partial charge on any atom is -0.456 e. The normalized spacial score (nSPS) is 11.5. The highest BCUT2D eigenvalue weighted by molar-refractivity contribution is 6.06. The van der Waals surface area contributed by atoms with Gasteiger partial charge in [0.1, 0.15) is 11.2 Å². The van der Waals surface area contributed by atoms with E-state index in [1.165, 1.54) is 43.8 Å². The molecule has 1 aromatic heterocycles. The monoisotopic (exact) mass is 663 g/mol. The fourth-order valence-corrected chi connectivity index (χ4v) is 7.67. The van der Waals surface area contributed by atoms with Gasteiger partial charge in [-0.2, -0.15) is 0 Å². The molecule has 0 bridgehead atoms. The number of nitrogens with zero attached hydrogens (tertiary/aromatic N) is 1. The van der Waals surface area contributed by atoms with E-state index in [9.17, 15) is 0 Å². The van der Waals surface area contributed by atoms with E-state index in [0.717, 1.165) is 50.1 Å². The molecule has 2 nitrogen and oxygen atoms in total. The van der Waals surface area contributed by atoms with Crippen LogP contribution in [0.2, 0.25) is 0 Å². The molecule has 0 N–H and O–H groups in total. The van der Waals surface area contributed by atoms with Gasteiger partial charge >= 0.3 is 0 Å². The maximum atomic E-state index is 6.33. The van der Waals surface area contributed by atoms with E-state index in [0.29, 0.717) is 0 Å². The Balaban J connectivity index is 1.06. The number of hydrogen-bond acceptors (Lipinski definition) is 2. The maximum absolute atomic E-state index is 6.33. The number of anilines is 3. The average Bonchev–Trinajstić information content (AvgIpc) is 3.59. The standard InChI is InChI=1S/C50H33NO/c1-2-12-39-32-42(30-26-34(39)10-1)51(48-18-7-5-15-45(48)40-27-31-47-46-16-6-8-19-49(46)52-50(47)33-40)41-28-24-36(25-29-41)35-20-22-38(23-21-35)44-17-9-13-37-11-3-4-14-43(37)44/h1-33H. The van der Waals surface area contributed by atoms with Gasteiger partial charge in [-0.25, -0.2) is 0 Å². The van der Waals surface area contributed by atoms with Crippen LogP contribution in [0.15, 0.2) is 205 Å². The Morgan fingerprint density at radius 1 is 0.308 bits per heavy atom. The third-order valence-corrected chi connectivity index (χ3v) is 10.3. The van der Waals surface area contributed by atoms with Crippen LogP contribution in [0, 0.1) is 0 Å². The molecule has 0 spiro atoms. The summed E-state index contributed by atoms with van der Waals surface area (Å²) >= 11 is 0. The Hall–Kier alpha value is -6.90. The van der Waals surface area contributed by atoms with E-state index in [4.69, 9.17) is 4.42 Å². The van der Waals surface area contributed by atoms with Gasteiger partial charge in [0.05, 0.1) is 5.69 Å². The lowest BCUT2D eigenvalue weighted by Crippen LogP contribution is -2.11. The molecule has 10 aromatic rings. The Labute approximate surface area is 302 Å². The van der Waals surface area contributed by atoms with Gasteiger partial charge in [-0.15, -0.1) is 0 Å². The summed E-state index contributed by atoms with van der Waals surface area (Å²) in [7, 11) is 0. The lowest BCUT2D eigenvalue weighted by atomic mass is 9.96. The van der Waals surface area contributed by atoms with Gasteiger partial charge in [-0.1, -0.05) is 152 Å². The topological polar surface area (TPSA) is 16.4 Å². The van der Waals surface area contributed by atoms with Crippen LogP contribution in [0.4, 0.5) is 17.1 Å². The first-order valence-corrected chi connectivity index (χ1v) is 17.8. The van der Waals surface area contributed by atoms with E-state index in [1.807, 2.05) is 12.1 Å². The summed E-state index contributed by atoms with van der Waals surface area (Å²) in [4.78, 5) is 2.37. The molecule has 0 saturated heterocycles. The summed E-state index contributed by atoms with van der Waals surface area (Å²) in [5.74, 6) is 0. The summed E-state index contributed by atoms with van der Waals surface area (Å²) in [5, 5.41) is 7.22. The highest BCUT2D eigenvalue weighted by atomic mass is 16.3. The molecule has 0 aliphatic carbocycles. The molecule has 0 radical (unpaired) electrons. The average molecular weight is 664 g/mol. The molecule has 0 amide bonds. The SMILES string of the molecule is c1ccc(N(c2ccc(-c3ccc(-c4cccc5ccccc45)cc3)cc2)c2ccc3ccccc3c2)c(-c2ccc3c(c2)oc2ccccc23)c1. The fourth-order valence-electron chi connectivity index (χ4n) is 7.67. The first-order chi connectivity index (χ1) is 25.8. The van der Waals surface area contributed by atoms with Gasteiger partial charge in [0.2, 0.25) is 0 Å². The van der Waals surface area contributed by atoms with Crippen molar-refractivity contribution in [3.63, 3.8) is 0 Å². The number of furan rings is 1. The van der Waals surface area contributed by atoms with E-state index in [2.05, 4.69) is 193 Å². The number of hydrogen-bond donors (Lipinski definition) is 0. The largest absolute Gasteiger partial charge is 0.456 e. The second-order valence-corrected chi connectivity index (χ2v) is 13.3. The van der Waals surface area contributed by atoms with Crippen LogP contribution in [0.1, 0.15) is 0 Å². The minimum atomic E-state index is 0.890. The van der Waals surface area contributed by atoms with Crippen LogP contribution in [0.25, 0.3) is 76.9 Å². The predicted molar refractivity (Wildman–Crippen MR) is 220 cm³/mol. The van der Waals surface area contributed by atoms with Crippen LogP contribution in [-0.2, 0) is 0 Å². The van der Waals surface area contributed by atoms with Crippen molar-refractivity contribution in [2.24, 2.45) is 0 Å². The van der Waals surface area contributed by atoms with Crippen molar-refractivity contribution in [3.8, 4) is 33.4 Å². The van der Waals surface area contributed by atoms with E-state index >= 15 is 0 Å². The quantitative estimate of drug-likeness (QED) is 0.176. The smallest absolute Gasteiger partial charge is 0.136 e. The van der Waals surface area contributed by atoms with Gasteiger partial charge in [0.25, 0.3) is 0 Å². The summed E-state index contributed by atoms with van der Waals surface area (Å²) < 4.78 is 6.33.